The Bertz CT molecular complexity index is 794. The van der Waals surface area contributed by atoms with E-state index in [1.54, 1.807) is 0 Å². The minimum atomic E-state index is -0.834. The Kier molecular flexibility index (Phi) is 3.75. The summed E-state index contributed by atoms with van der Waals surface area (Å²) in [6.45, 7) is -0.0616. The van der Waals surface area contributed by atoms with Gasteiger partial charge in [-0.05, 0) is 29.8 Å². The molecule has 22 heavy (non-hydrogen) atoms. The number of halogens is 3. The maximum atomic E-state index is 14.0. The third-order valence-electron chi connectivity index (χ3n) is 3.04. The molecule has 0 bridgehead atoms. The van der Waals surface area contributed by atoms with Crippen LogP contribution in [-0.2, 0) is 0 Å². The van der Waals surface area contributed by atoms with Crippen molar-refractivity contribution in [3.63, 3.8) is 0 Å². The maximum Gasteiger partial charge on any atom is 0.247 e. The van der Waals surface area contributed by atoms with Gasteiger partial charge >= 0.3 is 0 Å². The Morgan fingerprint density at radius 3 is 2.77 bits per heavy atom. The molecule has 0 aliphatic carbocycles. The molecule has 0 spiro atoms. The lowest BCUT2D eigenvalue weighted by Crippen LogP contribution is -2.21. The SMILES string of the molecule is [N-]=[N+]=NCC1Oc2cc(Cl)cc(-c3cc(F)ccc3F)c2O1. The van der Waals surface area contributed by atoms with E-state index in [1.807, 2.05) is 0 Å². The molecule has 1 aliphatic rings. The number of benzene rings is 2. The molecular weight excluding hydrogens is 316 g/mol. The van der Waals surface area contributed by atoms with Crippen LogP contribution < -0.4 is 9.47 Å². The predicted molar refractivity (Wildman–Crippen MR) is 75.9 cm³/mol. The summed E-state index contributed by atoms with van der Waals surface area (Å²) in [5.41, 5.74) is 8.59. The van der Waals surface area contributed by atoms with Crippen molar-refractivity contribution in [2.75, 3.05) is 6.54 Å². The maximum absolute atomic E-state index is 14.0. The van der Waals surface area contributed by atoms with Gasteiger partial charge in [0, 0.05) is 27.1 Å². The van der Waals surface area contributed by atoms with Crippen molar-refractivity contribution in [1.82, 2.24) is 0 Å². The molecule has 5 nitrogen and oxygen atoms in total. The zero-order valence-corrected chi connectivity index (χ0v) is 11.7. The Balaban J connectivity index is 2.08. The van der Waals surface area contributed by atoms with E-state index in [1.165, 1.54) is 12.1 Å². The molecular formula is C14H8ClF2N3O2. The van der Waals surface area contributed by atoms with Crippen LogP contribution in [-0.4, -0.2) is 12.8 Å². The zero-order chi connectivity index (χ0) is 15.7. The highest BCUT2D eigenvalue weighted by molar-refractivity contribution is 6.31. The second kappa shape index (κ2) is 5.71. The van der Waals surface area contributed by atoms with Crippen LogP contribution in [0.3, 0.4) is 0 Å². The topological polar surface area (TPSA) is 67.2 Å². The summed E-state index contributed by atoms with van der Waals surface area (Å²) < 4.78 is 38.3. The van der Waals surface area contributed by atoms with E-state index in [-0.39, 0.29) is 34.2 Å². The van der Waals surface area contributed by atoms with Gasteiger partial charge in [0.05, 0.1) is 0 Å². The molecule has 0 aromatic heterocycles. The number of ether oxygens (including phenoxy) is 2. The van der Waals surface area contributed by atoms with Crippen LogP contribution in [0.4, 0.5) is 8.78 Å². The van der Waals surface area contributed by atoms with Crippen LogP contribution in [0.15, 0.2) is 35.4 Å². The van der Waals surface area contributed by atoms with Gasteiger partial charge in [0.2, 0.25) is 6.29 Å². The molecule has 8 heteroatoms. The van der Waals surface area contributed by atoms with Crippen LogP contribution in [0.25, 0.3) is 21.6 Å². The fourth-order valence-corrected chi connectivity index (χ4v) is 2.36. The van der Waals surface area contributed by atoms with E-state index >= 15 is 0 Å². The average molecular weight is 324 g/mol. The van der Waals surface area contributed by atoms with Gasteiger partial charge in [0.25, 0.3) is 0 Å². The van der Waals surface area contributed by atoms with Crippen LogP contribution in [0, 0.1) is 11.6 Å². The van der Waals surface area contributed by atoms with E-state index in [0.29, 0.717) is 0 Å². The second-order valence-corrected chi connectivity index (χ2v) is 4.92. The summed E-state index contributed by atoms with van der Waals surface area (Å²) in [5, 5.41) is 3.64. The minimum Gasteiger partial charge on any atom is -0.451 e. The van der Waals surface area contributed by atoms with E-state index in [4.69, 9.17) is 26.6 Å². The highest BCUT2D eigenvalue weighted by Gasteiger charge is 2.28. The molecule has 0 saturated heterocycles. The average Bonchev–Trinajstić information content (AvgIpc) is 2.89. The lowest BCUT2D eigenvalue weighted by molar-refractivity contribution is 0.0584. The Morgan fingerprint density at radius 2 is 2.00 bits per heavy atom. The van der Waals surface area contributed by atoms with Gasteiger partial charge in [0.15, 0.2) is 11.5 Å². The lowest BCUT2D eigenvalue weighted by atomic mass is 10.0. The molecule has 1 unspecified atom stereocenters. The predicted octanol–water partition coefficient (Wildman–Crippen LogP) is 4.69. The number of hydrogen-bond donors (Lipinski definition) is 0. The molecule has 0 radical (unpaired) electrons. The molecule has 0 fully saturated rings. The van der Waals surface area contributed by atoms with Crippen molar-refractivity contribution in [2.24, 2.45) is 5.11 Å². The first-order valence-electron chi connectivity index (χ1n) is 6.21. The summed E-state index contributed by atoms with van der Waals surface area (Å²) in [7, 11) is 0. The van der Waals surface area contributed by atoms with Crippen LogP contribution in [0.5, 0.6) is 11.5 Å². The number of hydrogen-bond acceptors (Lipinski definition) is 3. The van der Waals surface area contributed by atoms with Crippen molar-refractivity contribution >= 4 is 11.6 Å². The summed E-state index contributed by atoms with van der Waals surface area (Å²) in [6.07, 6.45) is -0.834. The fraction of sp³-hybridized carbons (Fsp3) is 0.143. The summed E-state index contributed by atoms with van der Waals surface area (Å²) in [4.78, 5) is 2.62. The number of fused-ring (bicyclic) bond motifs is 1. The zero-order valence-electron chi connectivity index (χ0n) is 11.0. The van der Waals surface area contributed by atoms with Crippen molar-refractivity contribution in [3.8, 4) is 22.6 Å². The van der Waals surface area contributed by atoms with E-state index in [0.717, 1.165) is 18.2 Å². The number of rotatable bonds is 3. The van der Waals surface area contributed by atoms with E-state index in [9.17, 15) is 8.78 Å². The quantitative estimate of drug-likeness (QED) is 0.467. The van der Waals surface area contributed by atoms with Gasteiger partial charge in [-0.1, -0.05) is 16.7 Å². The van der Waals surface area contributed by atoms with E-state index < -0.39 is 17.9 Å². The molecule has 1 atom stereocenters. The Labute approximate surface area is 128 Å². The molecule has 2 aromatic rings. The van der Waals surface area contributed by atoms with Crippen molar-refractivity contribution in [3.05, 3.63) is 57.4 Å². The standard InChI is InChI=1S/C14H8ClF2N3O2/c15-7-3-10(9-5-8(16)1-2-11(9)17)14-12(4-7)21-13(22-14)6-19-20-18/h1-5,13H,6H2. The van der Waals surface area contributed by atoms with Crippen LogP contribution in [0.1, 0.15) is 0 Å². The van der Waals surface area contributed by atoms with Gasteiger partial charge in [-0.2, -0.15) is 0 Å². The first-order chi connectivity index (χ1) is 10.6. The molecule has 0 saturated carbocycles. The minimum absolute atomic E-state index is 0.00628. The smallest absolute Gasteiger partial charge is 0.247 e. The number of azide groups is 1. The van der Waals surface area contributed by atoms with Gasteiger partial charge in [-0.3, -0.25) is 0 Å². The fourth-order valence-electron chi connectivity index (χ4n) is 2.16. The van der Waals surface area contributed by atoms with Gasteiger partial charge in [-0.25, -0.2) is 8.78 Å². The van der Waals surface area contributed by atoms with Crippen LogP contribution in [0.2, 0.25) is 5.02 Å². The first-order valence-corrected chi connectivity index (χ1v) is 6.59. The second-order valence-electron chi connectivity index (χ2n) is 4.48. The number of nitrogens with zero attached hydrogens (tertiary/aromatic N) is 3. The summed E-state index contributed by atoms with van der Waals surface area (Å²) >= 11 is 5.99. The Hall–Kier alpha value is -2.50. The molecule has 3 rings (SSSR count). The summed E-state index contributed by atoms with van der Waals surface area (Å²) in [5.74, 6) is -0.695. The molecule has 0 amide bonds. The first kappa shape index (κ1) is 14.4. The highest BCUT2D eigenvalue weighted by atomic mass is 35.5. The molecule has 1 aliphatic heterocycles. The van der Waals surface area contributed by atoms with E-state index in [2.05, 4.69) is 10.0 Å². The molecule has 0 N–H and O–H groups in total. The van der Waals surface area contributed by atoms with Gasteiger partial charge in [-0.15, -0.1) is 0 Å². The third-order valence-corrected chi connectivity index (χ3v) is 3.26. The lowest BCUT2D eigenvalue weighted by Gasteiger charge is -2.09. The molecule has 1 heterocycles. The largest absolute Gasteiger partial charge is 0.451 e. The monoisotopic (exact) mass is 323 g/mol. The van der Waals surface area contributed by atoms with Gasteiger partial charge in [0.1, 0.15) is 18.2 Å². The van der Waals surface area contributed by atoms with Crippen molar-refractivity contribution in [1.29, 1.82) is 0 Å². The normalized spacial score (nSPS) is 15.5. The highest BCUT2D eigenvalue weighted by Crippen LogP contribution is 2.45. The molecule has 2 aromatic carbocycles. The Morgan fingerprint density at radius 1 is 1.18 bits per heavy atom. The third kappa shape index (κ3) is 2.64. The molecule has 112 valence electrons. The van der Waals surface area contributed by atoms with Gasteiger partial charge < -0.3 is 9.47 Å². The van der Waals surface area contributed by atoms with Crippen molar-refractivity contribution in [2.45, 2.75) is 6.29 Å². The van der Waals surface area contributed by atoms with Crippen LogP contribution >= 0.6 is 11.6 Å². The van der Waals surface area contributed by atoms with Crippen molar-refractivity contribution < 1.29 is 18.3 Å². The summed E-state index contributed by atoms with van der Waals surface area (Å²) in [6, 6.07) is 6.03.